The first-order valence-electron chi connectivity index (χ1n) is 9.73. The van der Waals surface area contributed by atoms with Crippen molar-refractivity contribution in [3.63, 3.8) is 0 Å². The van der Waals surface area contributed by atoms with Gasteiger partial charge >= 0.3 is 0 Å². The van der Waals surface area contributed by atoms with Crippen LogP contribution in [0.2, 0.25) is 0 Å². The first-order valence-corrected chi connectivity index (χ1v) is 10.7. The number of carbonyl (C=O) groups excluding carboxylic acids is 1. The van der Waals surface area contributed by atoms with Gasteiger partial charge < -0.3 is 14.6 Å². The molecule has 0 aliphatic heterocycles. The van der Waals surface area contributed by atoms with Gasteiger partial charge in [0.2, 0.25) is 11.3 Å². The molecule has 3 rings (SSSR count). The second-order valence-corrected chi connectivity index (χ2v) is 8.24. The van der Waals surface area contributed by atoms with Gasteiger partial charge in [-0.25, -0.2) is 0 Å². The fourth-order valence-corrected chi connectivity index (χ4v) is 3.82. The second-order valence-electron chi connectivity index (χ2n) is 7.19. The summed E-state index contributed by atoms with van der Waals surface area (Å²) in [5.74, 6) is 0.682. The van der Waals surface area contributed by atoms with Gasteiger partial charge in [0.05, 0.1) is 13.3 Å². The summed E-state index contributed by atoms with van der Waals surface area (Å²) in [5.41, 5.74) is 4.01. The number of rotatable bonds is 8. The molecule has 2 aromatic carbocycles. The van der Waals surface area contributed by atoms with E-state index in [0.29, 0.717) is 12.3 Å². The van der Waals surface area contributed by atoms with Crippen molar-refractivity contribution in [2.24, 2.45) is 0 Å². The molecule has 5 nitrogen and oxygen atoms in total. The standard InChI is InChI=1S/C24H26N2O3S/c1-17-4-8-19(9-5-17)13-25-24(28)15-26-14-23(29-3)22(27)12-20(26)16-30-21-10-6-18(2)7-11-21/h4-12,14H,13,15-16H2,1-3H3,(H,25,28). The Kier molecular flexibility index (Phi) is 7.36. The molecule has 6 heteroatoms. The van der Waals surface area contributed by atoms with Crippen molar-refractivity contribution >= 4 is 17.7 Å². The predicted octanol–water partition coefficient (Wildman–Crippen LogP) is 4.08. The van der Waals surface area contributed by atoms with Gasteiger partial charge in [-0.15, -0.1) is 11.8 Å². The summed E-state index contributed by atoms with van der Waals surface area (Å²) in [5, 5.41) is 2.94. The Balaban J connectivity index is 1.71. The van der Waals surface area contributed by atoms with E-state index in [2.05, 4.69) is 29.6 Å². The Morgan fingerprint density at radius 1 is 1.03 bits per heavy atom. The van der Waals surface area contributed by atoms with Crippen molar-refractivity contribution in [2.45, 2.75) is 37.6 Å². The van der Waals surface area contributed by atoms with Crippen LogP contribution < -0.4 is 15.5 Å². The zero-order valence-corrected chi connectivity index (χ0v) is 18.3. The van der Waals surface area contributed by atoms with Crippen LogP contribution in [0, 0.1) is 13.8 Å². The fraction of sp³-hybridized carbons (Fsp3) is 0.250. The van der Waals surface area contributed by atoms with Gasteiger partial charge in [0.15, 0.2) is 5.75 Å². The third kappa shape index (κ3) is 6.00. The van der Waals surface area contributed by atoms with Crippen LogP contribution in [0.5, 0.6) is 5.75 Å². The van der Waals surface area contributed by atoms with Crippen LogP contribution >= 0.6 is 11.8 Å². The topological polar surface area (TPSA) is 60.3 Å². The molecule has 0 saturated heterocycles. The molecule has 0 aliphatic carbocycles. The number of aromatic nitrogens is 1. The maximum atomic E-state index is 12.5. The molecule has 1 aromatic heterocycles. The summed E-state index contributed by atoms with van der Waals surface area (Å²) in [4.78, 5) is 25.9. The molecule has 1 N–H and O–H groups in total. The lowest BCUT2D eigenvalue weighted by atomic mass is 10.1. The fourth-order valence-electron chi connectivity index (χ4n) is 2.93. The molecule has 156 valence electrons. The molecule has 0 saturated carbocycles. The number of benzene rings is 2. The quantitative estimate of drug-likeness (QED) is 0.556. The van der Waals surface area contributed by atoms with E-state index in [4.69, 9.17) is 4.74 Å². The van der Waals surface area contributed by atoms with Crippen molar-refractivity contribution in [3.8, 4) is 5.75 Å². The number of nitrogens with zero attached hydrogens (tertiary/aromatic N) is 1. The average molecular weight is 423 g/mol. The number of nitrogens with one attached hydrogen (secondary N) is 1. The van der Waals surface area contributed by atoms with Gasteiger partial charge in [-0.05, 0) is 31.5 Å². The molecule has 0 aliphatic rings. The Labute approximate surface area is 181 Å². The molecule has 1 heterocycles. The van der Waals surface area contributed by atoms with Crippen LogP contribution in [0.15, 0.2) is 70.5 Å². The predicted molar refractivity (Wildman–Crippen MR) is 121 cm³/mol. The average Bonchev–Trinajstić information content (AvgIpc) is 2.74. The van der Waals surface area contributed by atoms with E-state index in [1.807, 2.05) is 38.1 Å². The second kappa shape index (κ2) is 10.2. The molecule has 0 atom stereocenters. The number of amides is 1. The minimum Gasteiger partial charge on any atom is -0.491 e. The molecular formula is C24H26N2O3S. The summed E-state index contributed by atoms with van der Waals surface area (Å²) in [6, 6.07) is 17.8. The third-order valence-electron chi connectivity index (χ3n) is 4.73. The maximum absolute atomic E-state index is 12.5. The van der Waals surface area contributed by atoms with E-state index in [-0.39, 0.29) is 23.6 Å². The summed E-state index contributed by atoms with van der Waals surface area (Å²) < 4.78 is 6.95. The number of carbonyl (C=O) groups is 1. The van der Waals surface area contributed by atoms with Gasteiger partial charge in [0, 0.05) is 29.0 Å². The number of hydrogen-bond donors (Lipinski definition) is 1. The lowest BCUT2D eigenvalue weighted by molar-refractivity contribution is -0.121. The highest BCUT2D eigenvalue weighted by molar-refractivity contribution is 7.98. The molecule has 3 aromatic rings. The van der Waals surface area contributed by atoms with Crippen molar-refractivity contribution in [2.75, 3.05) is 7.11 Å². The van der Waals surface area contributed by atoms with Crippen LogP contribution in [0.4, 0.5) is 0 Å². The Morgan fingerprint density at radius 3 is 2.30 bits per heavy atom. The van der Waals surface area contributed by atoms with Gasteiger partial charge in [-0.2, -0.15) is 0 Å². The summed E-state index contributed by atoms with van der Waals surface area (Å²) >= 11 is 1.62. The minimum atomic E-state index is -0.187. The lowest BCUT2D eigenvalue weighted by Gasteiger charge is -2.15. The molecule has 0 fully saturated rings. The number of methoxy groups -OCH3 is 1. The van der Waals surface area contributed by atoms with Gasteiger partial charge in [0.1, 0.15) is 6.54 Å². The minimum absolute atomic E-state index is 0.117. The number of thioether (sulfide) groups is 1. The van der Waals surface area contributed by atoms with E-state index in [1.165, 1.54) is 18.2 Å². The molecule has 0 unspecified atom stereocenters. The van der Waals surface area contributed by atoms with Gasteiger partial charge in [0.25, 0.3) is 0 Å². The van der Waals surface area contributed by atoms with Crippen LogP contribution in [0.1, 0.15) is 22.4 Å². The highest BCUT2D eigenvalue weighted by atomic mass is 32.2. The van der Waals surface area contributed by atoms with Gasteiger partial charge in [-0.3, -0.25) is 9.59 Å². The van der Waals surface area contributed by atoms with Crippen molar-refractivity contribution in [1.29, 1.82) is 0 Å². The first-order chi connectivity index (χ1) is 14.4. The van der Waals surface area contributed by atoms with Crippen LogP contribution in [-0.2, 0) is 23.6 Å². The monoisotopic (exact) mass is 422 g/mol. The van der Waals surface area contributed by atoms with E-state index in [1.54, 1.807) is 28.6 Å². The van der Waals surface area contributed by atoms with Crippen LogP contribution in [-0.4, -0.2) is 17.6 Å². The Hall–Kier alpha value is -2.99. The van der Waals surface area contributed by atoms with E-state index in [9.17, 15) is 9.59 Å². The van der Waals surface area contributed by atoms with E-state index < -0.39 is 0 Å². The molecule has 0 radical (unpaired) electrons. The highest BCUT2D eigenvalue weighted by Crippen LogP contribution is 2.23. The number of aryl methyl sites for hydroxylation is 2. The number of hydrogen-bond acceptors (Lipinski definition) is 4. The SMILES string of the molecule is COc1cn(CC(=O)NCc2ccc(C)cc2)c(CSc2ccc(C)cc2)cc1=O. The maximum Gasteiger partial charge on any atom is 0.240 e. The third-order valence-corrected chi connectivity index (χ3v) is 5.78. The molecular weight excluding hydrogens is 396 g/mol. The van der Waals surface area contributed by atoms with Crippen molar-refractivity contribution < 1.29 is 9.53 Å². The van der Waals surface area contributed by atoms with Crippen LogP contribution in [0.3, 0.4) is 0 Å². The summed E-state index contributed by atoms with van der Waals surface area (Å²) in [6.45, 7) is 4.66. The molecule has 1 amide bonds. The van der Waals surface area contributed by atoms with E-state index >= 15 is 0 Å². The zero-order valence-electron chi connectivity index (χ0n) is 17.5. The smallest absolute Gasteiger partial charge is 0.240 e. The molecule has 0 bridgehead atoms. The Bertz CT molecular complexity index is 1060. The number of pyridine rings is 1. The summed E-state index contributed by atoms with van der Waals surface area (Å²) in [7, 11) is 1.46. The Morgan fingerprint density at radius 2 is 1.67 bits per heavy atom. The van der Waals surface area contributed by atoms with E-state index in [0.717, 1.165) is 16.2 Å². The normalized spacial score (nSPS) is 10.6. The molecule has 30 heavy (non-hydrogen) atoms. The highest BCUT2D eigenvalue weighted by Gasteiger charge is 2.11. The van der Waals surface area contributed by atoms with Crippen molar-refractivity contribution in [1.82, 2.24) is 9.88 Å². The number of ether oxygens (including phenoxy) is 1. The lowest BCUT2D eigenvalue weighted by Crippen LogP contribution is -2.28. The first kappa shape index (κ1) is 21.7. The largest absolute Gasteiger partial charge is 0.491 e. The summed E-state index contributed by atoms with van der Waals surface area (Å²) in [6.07, 6.45) is 1.61. The zero-order chi connectivity index (χ0) is 21.5. The van der Waals surface area contributed by atoms with Crippen molar-refractivity contribution in [3.05, 3.63) is 93.4 Å². The van der Waals surface area contributed by atoms with Crippen LogP contribution in [0.25, 0.3) is 0 Å². The van der Waals surface area contributed by atoms with Gasteiger partial charge in [-0.1, -0.05) is 47.5 Å². The molecule has 0 spiro atoms.